The van der Waals surface area contributed by atoms with E-state index < -0.39 is 0 Å². The molecule has 164 valence electrons. The van der Waals surface area contributed by atoms with Gasteiger partial charge in [0.05, 0.1) is 17.8 Å². The summed E-state index contributed by atoms with van der Waals surface area (Å²) in [6.07, 6.45) is 1.47. The van der Waals surface area contributed by atoms with Crippen molar-refractivity contribution in [2.75, 3.05) is 0 Å². The number of hydrogen-bond donors (Lipinski definition) is 1. The number of aromatic nitrogens is 2. The van der Waals surface area contributed by atoms with Crippen LogP contribution in [0.1, 0.15) is 22.0 Å². The lowest BCUT2D eigenvalue weighted by Crippen LogP contribution is -2.35. The summed E-state index contributed by atoms with van der Waals surface area (Å²) in [7, 11) is 0. The van der Waals surface area contributed by atoms with E-state index in [1.807, 2.05) is 85.1 Å². The van der Waals surface area contributed by atoms with Crippen molar-refractivity contribution in [3.8, 4) is 10.4 Å². The first-order chi connectivity index (χ1) is 16.1. The van der Waals surface area contributed by atoms with Crippen molar-refractivity contribution in [1.82, 2.24) is 14.9 Å². The molecule has 5 rings (SSSR count). The number of carbonyl (C=O) groups excluding carboxylic acids is 1. The Balaban J connectivity index is 1.44. The van der Waals surface area contributed by atoms with E-state index in [-0.39, 0.29) is 24.1 Å². The predicted octanol–water partition coefficient (Wildman–Crippen LogP) is 5.40. The van der Waals surface area contributed by atoms with Gasteiger partial charge in [0.25, 0.3) is 5.56 Å². The van der Waals surface area contributed by atoms with Gasteiger partial charge in [-0.2, -0.15) is 0 Å². The minimum atomic E-state index is -0.265. The minimum absolute atomic E-state index is 0.0908. The Morgan fingerprint density at radius 1 is 1.03 bits per heavy atom. The fraction of sp³-hybridized carbons (Fsp3) is 0.115. The van der Waals surface area contributed by atoms with Gasteiger partial charge in [0.15, 0.2) is 0 Å². The fourth-order valence-electron chi connectivity index (χ4n) is 3.92. The van der Waals surface area contributed by atoms with E-state index in [1.165, 1.54) is 22.2 Å². The number of nitrogens with zero attached hydrogens (tertiary/aromatic N) is 2. The summed E-state index contributed by atoms with van der Waals surface area (Å²) in [5.41, 5.74) is 2.76. The molecule has 0 saturated heterocycles. The summed E-state index contributed by atoms with van der Waals surface area (Å²) < 4.78 is 1.39. The van der Waals surface area contributed by atoms with Gasteiger partial charge in [-0.1, -0.05) is 66.7 Å². The van der Waals surface area contributed by atoms with E-state index in [0.717, 1.165) is 26.4 Å². The molecule has 0 fully saturated rings. The van der Waals surface area contributed by atoms with Crippen molar-refractivity contribution < 1.29 is 4.79 Å². The molecule has 0 bridgehead atoms. The Hall–Kier alpha value is -3.55. The van der Waals surface area contributed by atoms with Gasteiger partial charge >= 0.3 is 0 Å². The number of aryl methyl sites for hydroxylation is 1. The maximum absolute atomic E-state index is 13.3. The Morgan fingerprint density at radius 3 is 2.45 bits per heavy atom. The molecule has 1 unspecified atom stereocenters. The molecular weight excluding hydrogens is 450 g/mol. The van der Waals surface area contributed by atoms with E-state index in [2.05, 4.69) is 10.3 Å². The maximum atomic E-state index is 13.3. The lowest BCUT2D eigenvalue weighted by Gasteiger charge is -2.18. The zero-order valence-electron chi connectivity index (χ0n) is 17.9. The number of hydrogen-bond acceptors (Lipinski definition) is 5. The molecule has 0 saturated carbocycles. The molecule has 3 aromatic heterocycles. The highest BCUT2D eigenvalue weighted by Gasteiger charge is 2.20. The Bertz CT molecular complexity index is 1460. The van der Waals surface area contributed by atoms with Gasteiger partial charge in [-0.3, -0.25) is 14.2 Å². The summed E-state index contributed by atoms with van der Waals surface area (Å²) in [6.45, 7) is 1.85. The first-order valence-electron chi connectivity index (χ1n) is 10.5. The second-order valence-electron chi connectivity index (χ2n) is 7.71. The normalized spacial score (nSPS) is 12.0. The third-order valence-electron chi connectivity index (χ3n) is 5.53. The lowest BCUT2D eigenvalue weighted by atomic mass is 10.1. The molecule has 2 aromatic carbocycles. The largest absolute Gasteiger partial charge is 0.343 e. The fourth-order valence-corrected chi connectivity index (χ4v) is 5.87. The Morgan fingerprint density at radius 2 is 1.76 bits per heavy atom. The van der Waals surface area contributed by atoms with E-state index in [9.17, 15) is 9.59 Å². The van der Waals surface area contributed by atoms with Crippen LogP contribution in [0.15, 0.2) is 89.3 Å². The summed E-state index contributed by atoms with van der Waals surface area (Å²) >= 11 is 3.09. The van der Waals surface area contributed by atoms with E-state index in [4.69, 9.17) is 0 Å². The highest BCUT2D eigenvalue weighted by Crippen LogP contribution is 2.35. The summed E-state index contributed by atoms with van der Waals surface area (Å²) in [5.74, 6) is -0.239. The Labute approximate surface area is 199 Å². The zero-order valence-corrected chi connectivity index (χ0v) is 19.5. The van der Waals surface area contributed by atoms with E-state index >= 15 is 0 Å². The molecule has 5 nitrogen and oxygen atoms in total. The minimum Gasteiger partial charge on any atom is -0.343 e. The van der Waals surface area contributed by atoms with Crippen LogP contribution in [0.25, 0.3) is 20.7 Å². The third kappa shape index (κ3) is 4.25. The summed E-state index contributed by atoms with van der Waals surface area (Å²) in [6, 6.07) is 23.5. The Kier molecular flexibility index (Phi) is 5.90. The van der Waals surface area contributed by atoms with Crippen LogP contribution in [0, 0.1) is 6.92 Å². The number of carbonyl (C=O) groups is 1. The smallest absolute Gasteiger partial charge is 0.262 e. The van der Waals surface area contributed by atoms with Gasteiger partial charge < -0.3 is 5.32 Å². The highest BCUT2D eigenvalue weighted by atomic mass is 32.1. The first-order valence-corrected chi connectivity index (χ1v) is 12.2. The highest BCUT2D eigenvalue weighted by molar-refractivity contribution is 7.22. The van der Waals surface area contributed by atoms with Crippen LogP contribution in [-0.2, 0) is 11.3 Å². The second-order valence-corrected chi connectivity index (χ2v) is 9.68. The SMILES string of the molecule is Cc1c(-c2ccccc2)sc2ncn(CC(=O)NC(c3ccccc3)c3cccs3)c(=O)c12. The standard InChI is InChI=1S/C26H21N3O2S2/c1-17-22-25(33-24(17)19-11-6-3-7-12-19)27-16-29(26(22)31)15-21(30)28-23(20-13-8-14-32-20)18-9-4-2-5-10-18/h2-14,16,23H,15H2,1H3,(H,28,30). The van der Waals surface area contributed by atoms with Crippen LogP contribution >= 0.6 is 22.7 Å². The molecule has 5 aromatic rings. The number of benzene rings is 2. The molecule has 0 radical (unpaired) electrons. The molecule has 1 N–H and O–H groups in total. The molecule has 1 amide bonds. The van der Waals surface area contributed by atoms with Gasteiger partial charge in [-0.05, 0) is 35.1 Å². The number of nitrogens with one attached hydrogen (secondary N) is 1. The molecule has 1 atom stereocenters. The second kappa shape index (κ2) is 9.13. The van der Waals surface area contributed by atoms with Gasteiger partial charge in [0, 0.05) is 9.75 Å². The van der Waals surface area contributed by atoms with E-state index in [1.54, 1.807) is 11.3 Å². The average molecular weight is 472 g/mol. The molecule has 0 aliphatic carbocycles. The zero-order chi connectivity index (χ0) is 22.8. The van der Waals surface area contributed by atoms with E-state index in [0.29, 0.717) is 10.2 Å². The van der Waals surface area contributed by atoms with Crippen molar-refractivity contribution in [2.45, 2.75) is 19.5 Å². The van der Waals surface area contributed by atoms with Crippen molar-refractivity contribution in [1.29, 1.82) is 0 Å². The van der Waals surface area contributed by atoms with Crippen LogP contribution in [0.4, 0.5) is 0 Å². The van der Waals surface area contributed by atoms with Crippen molar-refractivity contribution in [3.05, 3.63) is 111 Å². The lowest BCUT2D eigenvalue weighted by molar-refractivity contribution is -0.122. The monoisotopic (exact) mass is 471 g/mol. The van der Waals surface area contributed by atoms with Gasteiger partial charge in [-0.25, -0.2) is 4.98 Å². The van der Waals surface area contributed by atoms with Crippen molar-refractivity contribution >= 4 is 38.8 Å². The molecular formula is C26H21N3O2S2. The van der Waals surface area contributed by atoms with Crippen LogP contribution in [0.2, 0.25) is 0 Å². The number of thiophene rings is 2. The van der Waals surface area contributed by atoms with Gasteiger partial charge in [0.1, 0.15) is 11.4 Å². The predicted molar refractivity (Wildman–Crippen MR) is 135 cm³/mol. The molecule has 0 spiro atoms. The number of rotatable bonds is 6. The van der Waals surface area contributed by atoms with Gasteiger partial charge in [0.2, 0.25) is 5.91 Å². The average Bonchev–Trinajstić information content (AvgIpc) is 3.49. The van der Waals surface area contributed by atoms with Gasteiger partial charge in [-0.15, -0.1) is 22.7 Å². The molecule has 33 heavy (non-hydrogen) atoms. The third-order valence-corrected chi connectivity index (χ3v) is 7.72. The molecule has 3 heterocycles. The molecule has 7 heteroatoms. The van der Waals surface area contributed by atoms with Crippen molar-refractivity contribution in [2.24, 2.45) is 0 Å². The molecule has 0 aliphatic rings. The molecule has 0 aliphatic heterocycles. The van der Waals surface area contributed by atoms with Crippen LogP contribution < -0.4 is 10.9 Å². The number of fused-ring (bicyclic) bond motifs is 1. The quantitative estimate of drug-likeness (QED) is 0.361. The van der Waals surface area contributed by atoms with Crippen molar-refractivity contribution in [3.63, 3.8) is 0 Å². The van der Waals surface area contributed by atoms with Crippen LogP contribution in [-0.4, -0.2) is 15.5 Å². The summed E-state index contributed by atoms with van der Waals surface area (Å²) in [4.78, 5) is 33.5. The number of amides is 1. The maximum Gasteiger partial charge on any atom is 0.262 e. The van der Waals surface area contributed by atoms with Crippen LogP contribution in [0.5, 0.6) is 0 Å². The topological polar surface area (TPSA) is 64.0 Å². The van der Waals surface area contributed by atoms with Crippen LogP contribution in [0.3, 0.4) is 0 Å². The first kappa shape index (κ1) is 21.3. The summed E-state index contributed by atoms with van der Waals surface area (Å²) in [5, 5.41) is 5.66.